The van der Waals surface area contributed by atoms with E-state index >= 15 is 0 Å². The third-order valence-corrected chi connectivity index (χ3v) is 2.72. The van der Waals surface area contributed by atoms with Gasteiger partial charge in [-0.05, 0) is 18.4 Å². The second kappa shape index (κ2) is 7.06. The quantitative estimate of drug-likeness (QED) is 0.739. The van der Waals surface area contributed by atoms with Gasteiger partial charge in [0.15, 0.2) is 0 Å². The Hall–Kier alpha value is -1.36. The lowest BCUT2D eigenvalue weighted by Gasteiger charge is -2.21. The molecule has 1 aromatic rings. The lowest BCUT2D eigenvalue weighted by atomic mass is 10.0. The van der Waals surface area contributed by atoms with Gasteiger partial charge in [0.25, 0.3) is 0 Å². The van der Waals surface area contributed by atoms with Crippen LogP contribution in [0.2, 0.25) is 0 Å². The molecule has 1 aromatic heterocycles. The van der Waals surface area contributed by atoms with Crippen molar-refractivity contribution in [2.24, 2.45) is 5.92 Å². The molecule has 2 N–H and O–H groups in total. The SMILES string of the molecule is CC(C)C(CCO)NC(=O)CCn1cccn1. The summed E-state index contributed by atoms with van der Waals surface area (Å²) in [5.74, 6) is 0.337. The maximum absolute atomic E-state index is 11.7. The summed E-state index contributed by atoms with van der Waals surface area (Å²) in [4.78, 5) is 11.7. The Labute approximate surface area is 102 Å². The van der Waals surface area contributed by atoms with Gasteiger partial charge in [0.2, 0.25) is 5.91 Å². The summed E-state index contributed by atoms with van der Waals surface area (Å²) in [7, 11) is 0. The molecule has 0 aliphatic heterocycles. The maximum Gasteiger partial charge on any atom is 0.222 e. The van der Waals surface area contributed by atoms with Crippen molar-refractivity contribution in [1.82, 2.24) is 15.1 Å². The van der Waals surface area contributed by atoms with Crippen molar-refractivity contribution >= 4 is 5.91 Å². The van der Waals surface area contributed by atoms with E-state index in [-0.39, 0.29) is 18.6 Å². The van der Waals surface area contributed by atoms with E-state index in [1.165, 1.54) is 0 Å². The van der Waals surface area contributed by atoms with Gasteiger partial charge >= 0.3 is 0 Å². The number of aliphatic hydroxyl groups excluding tert-OH is 1. The van der Waals surface area contributed by atoms with Gasteiger partial charge < -0.3 is 10.4 Å². The maximum atomic E-state index is 11.7. The molecule has 0 aromatic carbocycles. The summed E-state index contributed by atoms with van der Waals surface area (Å²) in [6.07, 6.45) is 4.54. The molecule has 1 unspecified atom stereocenters. The van der Waals surface area contributed by atoms with Crippen molar-refractivity contribution < 1.29 is 9.90 Å². The molecular weight excluding hydrogens is 218 g/mol. The Kier molecular flexibility index (Phi) is 5.69. The summed E-state index contributed by atoms with van der Waals surface area (Å²) in [5.41, 5.74) is 0. The summed E-state index contributed by atoms with van der Waals surface area (Å²) in [6, 6.07) is 1.88. The fourth-order valence-corrected chi connectivity index (χ4v) is 1.64. The fourth-order valence-electron chi connectivity index (χ4n) is 1.64. The number of nitrogens with zero attached hydrogens (tertiary/aromatic N) is 2. The molecule has 0 spiro atoms. The van der Waals surface area contributed by atoms with Gasteiger partial charge in [-0.15, -0.1) is 0 Å². The van der Waals surface area contributed by atoms with Gasteiger partial charge in [-0.2, -0.15) is 5.10 Å². The number of nitrogens with one attached hydrogen (secondary N) is 1. The molecule has 96 valence electrons. The number of rotatable bonds is 7. The van der Waals surface area contributed by atoms with Crippen LogP contribution < -0.4 is 5.32 Å². The zero-order chi connectivity index (χ0) is 12.7. The molecule has 0 aliphatic rings. The predicted octanol–water partition coefficient (Wildman–Crippen LogP) is 0.796. The molecule has 0 bridgehead atoms. The molecular formula is C12H21N3O2. The Morgan fingerprint density at radius 3 is 2.82 bits per heavy atom. The summed E-state index contributed by atoms with van der Waals surface area (Å²) in [6.45, 7) is 4.76. The minimum Gasteiger partial charge on any atom is -0.396 e. The van der Waals surface area contributed by atoms with Crippen LogP contribution in [0.25, 0.3) is 0 Å². The second-order valence-corrected chi connectivity index (χ2v) is 4.45. The molecule has 17 heavy (non-hydrogen) atoms. The predicted molar refractivity (Wildman–Crippen MR) is 65.3 cm³/mol. The van der Waals surface area contributed by atoms with E-state index in [0.29, 0.717) is 25.3 Å². The van der Waals surface area contributed by atoms with Crippen molar-refractivity contribution in [3.05, 3.63) is 18.5 Å². The van der Waals surface area contributed by atoms with Crippen molar-refractivity contribution in [2.45, 2.75) is 39.3 Å². The Bertz CT molecular complexity index is 323. The normalized spacial score (nSPS) is 12.7. The summed E-state index contributed by atoms with van der Waals surface area (Å²) < 4.78 is 1.73. The average Bonchev–Trinajstić information content (AvgIpc) is 2.78. The third-order valence-electron chi connectivity index (χ3n) is 2.72. The van der Waals surface area contributed by atoms with E-state index in [9.17, 15) is 4.79 Å². The molecule has 1 rings (SSSR count). The summed E-state index contributed by atoms with van der Waals surface area (Å²) >= 11 is 0. The largest absolute Gasteiger partial charge is 0.396 e. The zero-order valence-corrected chi connectivity index (χ0v) is 10.5. The molecule has 5 nitrogen and oxygen atoms in total. The van der Waals surface area contributed by atoms with Crippen molar-refractivity contribution in [3.63, 3.8) is 0 Å². The monoisotopic (exact) mass is 239 g/mol. The highest BCUT2D eigenvalue weighted by molar-refractivity contribution is 5.76. The summed E-state index contributed by atoms with van der Waals surface area (Å²) in [5, 5.41) is 15.9. The molecule has 0 fully saturated rings. The van der Waals surface area contributed by atoms with Gasteiger partial charge in [0.05, 0.1) is 0 Å². The van der Waals surface area contributed by atoms with Crippen LogP contribution in [0.5, 0.6) is 0 Å². The van der Waals surface area contributed by atoms with E-state index in [0.717, 1.165) is 0 Å². The fraction of sp³-hybridized carbons (Fsp3) is 0.667. The van der Waals surface area contributed by atoms with Crippen molar-refractivity contribution in [1.29, 1.82) is 0 Å². The van der Waals surface area contributed by atoms with E-state index < -0.39 is 0 Å². The van der Waals surface area contributed by atoms with Crippen LogP contribution >= 0.6 is 0 Å². The van der Waals surface area contributed by atoms with Gasteiger partial charge in [-0.1, -0.05) is 13.8 Å². The first-order valence-corrected chi connectivity index (χ1v) is 6.01. The molecule has 1 heterocycles. The number of aliphatic hydroxyl groups is 1. The van der Waals surface area contributed by atoms with Crippen LogP contribution in [-0.4, -0.2) is 33.4 Å². The van der Waals surface area contributed by atoms with Crippen LogP contribution in [0.1, 0.15) is 26.7 Å². The standard InChI is InChI=1S/C12H21N3O2/c1-10(2)11(5-9-16)14-12(17)4-8-15-7-3-6-13-15/h3,6-7,10-11,16H,4-5,8-9H2,1-2H3,(H,14,17). The zero-order valence-electron chi connectivity index (χ0n) is 10.5. The highest BCUT2D eigenvalue weighted by Gasteiger charge is 2.15. The average molecular weight is 239 g/mol. The second-order valence-electron chi connectivity index (χ2n) is 4.45. The Morgan fingerprint density at radius 2 is 2.29 bits per heavy atom. The van der Waals surface area contributed by atoms with Gasteiger partial charge in [0.1, 0.15) is 0 Å². The first kappa shape index (κ1) is 13.7. The molecule has 0 radical (unpaired) electrons. The number of hydrogen-bond donors (Lipinski definition) is 2. The number of carbonyl (C=O) groups excluding carboxylic acids is 1. The molecule has 5 heteroatoms. The first-order valence-electron chi connectivity index (χ1n) is 6.01. The molecule has 1 amide bonds. The van der Waals surface area contributed by atoms with E-state index in [1.807, 2.05) is 26.1 Å². The molecule has 1 atom stereocenters. The third kappa shape index (κ3) is 4.99. The van der Waals surface area contributed by atoms with Gasteiger partial charge in [-0.25, -0.2) is 0 Å². The Balaban J connectivity index is 2.32. The number of amides is 1. The Morgan fingerprint density at radius 1 is 1.53 bits per heavy atom. The number of aromatic nitrogens is 2. The lowest BCUT2D eigenvalue weighted by Crippen LogP contribution is -2.39. The number of carbonyl (C=O) groups is 1. The van der Waals surface area contributed by atoms with Crippen LogP contribution in [0.3, 0.4) is 0 Å². The minimum absolute atomic E-state index is 0.00708. The molecule has 0 aliphatic carbocycles. The molecule has 0 saturated heterocycles. The highest BCUT2D eigenvalue weighted by atomic mass is 16.3. The smallest absolute Gasteiger partial charge is 0.222 e. The van der Waals surface area contributed by atoms with Crippen molar-refractivity contribution in [3.8, 4) is 0 Å². The van der Waals surface area contributed by atoms with Crippen molar-refractivity contribution in [2.75, 3.05) is 6.61 Å². The highest BCUT2D eigenvalue weighted by Crippen LogP contribution is 2.05. The molecule has 0 saturated carbocycles. The minimum atomic E-state index is 0.00708. The van der Waals surface area contributed by atoms with Crippen LogP contribution in [0.4, 0.5) is 0 Å². The van der Waals surface area contributed by atoms with E-state index in [2.05, 4.69) is 10.4 Å². The topological polar surface area (TPSA) is 67.2 Å². The van der Waals surface area contributed by atoms with Crippen LogP contribution in [0.15, 0.2) is 18.5 Å². The van der Waals surface area contributed by atoms with E-state index in [4.69, 9.17) is 5.11 Å². The number of hydrogen-bond acceptors (Lipinski definition) is 3. The van der Waals surface area contributed by atoms with Crippen LogP contribution in [0, 0.1) is 5.92 Å². The lowest BCUT2D eigenvalue weighted by molar-refractivity contribution is -0.122. The van der Waals surface area contributed by atoms with Gasteiger partial charge in [0, 0.05) is 38.0 Å². The van der Waals surface area contributed by atoms with Gasteiger partial charge in [-0.3, -0.25) is 9.48 Å². The van der Waals surface area contributed by atoms with E-state index in [1.54, 1.807) is 10.9 Å². The van der Waals surface area contributed by atoms with Crippen LogP contribution in [-0.2, 0) is 11.3 Å². The first-order chi connectivity index (χ1) is 8.13. The number of aryl methyl sites for hydroxylation is 1.